The lowest BCUT2D eigenvalue weighted by molar-refractivity contribution is -0.142. The van der Waals surface area contributed by atoms with Crippen LogP contribution >= 0.6 is 0 Å². The summed E-state index contributed by atoms with van der Waals surface area (Å²) in [6, 6.07) is 2.91. The van der Waals surface area contributed by atoms with Crippen molar-refractivity contribution in [3.8, 4) is 0 Å². The van der Waals surface area contributed by atoms with E-state index in [0.717, 1.165) is 6.20 Å². The van der Waals surface area contributed by atoms with Gasteiger partial charge in [-0.1, -0.05) is 19.9 Å². The molecule has 0 atom stereocenters. The summed E-state index contributed by atoms with van der Waals surface area (Å²) in [5, 5.41) is 0. The molecule has 15 heavy (non-hydrogen) atoms. The summed E-state index contributed by atoms with van der Waals surface area (Å²) in [5.41, 5.74) is 4.02. The van der Waals surface area contributed by atoms with E-state index in [1.54, 1.807) is 13.8 Å². The maximum Gasteiger partial charge on any atom is 0.433 e. The zero-order chi connectivity index (χ0) is 11.7. The molecule has 0 radical (unpaired) electrons. The molecule has 2 nitrogen and oxygen atoms in total. The largest absolute Gasteiger partial charge is 0.433 e. The molecule has 1 aromatic rings. The van der Waals surface area contributed by atoms with Crippen LogP contribution in [0, 0.1) is 0 Å². The Hall–Kier alpha value is -1.10. The van der Waals surface area contributed by atoms with Gasteiger partial charge in [0.2, 0.25) is 0 Å². The van der Waals surface area contributed by atoms with E-state index in [9.17, 15) is 13.2 Å². The molecule has 0 unspecified atom stereocenters. The molecule has 0 aromatic carbocycles. The van der Waals surface area contributed by atoms with Crippen LogP contribution in [0.3, 0.4) is 0 Å². The van der Waals surface area contributed by atoms with Gasteiger partial charge < -0.3 is 5.73 Å². The van der Waals surface area contributed by atoms with E-state index in [-0.39, 0.29) is 12.1 Å². The minimum absolute atomic E-state index is 0.139. The predicted molar refractivity (Wildman–Crippen MR) is 51.3 cm³/mol. The zero-order valence-electron chi connectivity index (χ0n) is 8.60. The van der Waals surface area contributed by atoms with Gasteiger partial charge >= 0.3 is 6.18 Å². The summed E-state index contributed by atoms with van der Waals surface area (Å²) >= 11 is 0. The highest BCUT2D eigenvalue weighted by atomic mass is 19.4. The first-order valence-electron chi connectivity index (χ1n) is 4.52. The first-order chi connectivity index (χ1) is 6.79. The number of pyridine rings is 1. The molecular weight excluding hydrogens is 205 g/mol. The van der Waals surface area contributed by atoms with E-state index in [4.69, 9.17) is 5.73 Å². The van der Waals surface area contributed by atoms with E-state index in [0.29, 0.717) is 0 Å². The van der Waals surface area contributed by atoms with Crippen molar-refractivity contribution in [2.24, 2.45) is 5.73 Å². The average molecular weight is 218 g/mol. The second-order valence-electron chi connectivity index (χ2n) is 3.99. The Morgan fingerprint density at radius 3 is 2.40 bits per heavy atom. The van der Waals surface area contributed by atoms with Crippen LogP contribution in [0.4, 0.5) is 13.2 Å². The van der Waals surface area contributed by atoms with Gasteiger partial charge in [0, 0.05) is 18.2 Å². The van der Waals surface area contributed by atoms with E-state index in [1.807, 2.05) is 0 Å². The molecule has 2 N–H and O–H groups in total. The summed E-state index contributed by atoms with van der Waals surface area (Å²) < 4.78 is 37.8. The Kier molecular flexibility index (Phi) is 3.04. The van der Waals surface area contributed by atoms with Crippen molar-refractivity contribution >= 4 is 0 Å². The van der Waals surface area contributed by atoms with Crippen LogP contribution in [0.1, 0.15) is 25.1 Å². The number of rotatable bonds is 2. The Labute approximate surface area is 86.3 Å². The van der Waals surface area contributed by atoms with Crippen LogP contribution in [0.25, 0.3) is 0 Å². The number of aromatic nitrogens is 1. The third-order valence-corrected chi connectivity index (χ3v) is 2.32. The molecule has 1 heterocycles. The molecule has 0 saturated heterocycles. The van der Waals surface area contributed by atoms with Crippen LogP contribution in [0.15, 0.2) is 18.3 Å². The fourth-order valence-electron chi connectivity index (χ4n) is 1.29. The van der Waals surface area contributed by atoms with E-state index < -0.39 is 17.3 Å². The lowest BCUT2D eigenvalue weighted by Crippen LogP contribution is -2.31. The monoisotopic (exact) mass is 218 g/mol. The molecule has 0 bridgehead atoms. The Morgan fingerprint density at radius 1 is 1.33 bits per heavy atom. The van der Waals surface area contributed by atoms with Gasteiger partial charge in [0.05, 0.1) is 0 Å². The summed E-state index contributed by atoms with van der Waals surface area (Å²) in [6.45, 7) is 3.47. The Morgan fingerprint density at radius 2 is 1.93 bits per heavy atom. The third-order valence-electron chi connectivity index (χ3n) is 2.32. The van der Waals surface area contributed by atoms with Crippen LogP contribution in [0.5, 0.6) is 0 Å². The minimum atomic E-state index is -4.43. The molecule has 0 aliphatic heterocycles. The second kappa shape index (κ2) is 3.81. The molecule has 0 aliphatic rings. The standard InChI is InChI=1S/C10H13F3N2/c1-9(2,6-14)7-4-3-5-15-8(7)10(11,12)13/h3-5H,6,14H2,1-2H3. The summed E-state index contributed by atoms with van der Waals surface area (Å²) in [7, 11) is 0. The molecule has 84 valence electrons. The van der Waals surface area contributed by atoms with Gasteiger partial charge in [-0.15, -0.1) is 0 Å². The van der Waals surface area contributed by atoms with Gasteiger partial charge in [0.15, 0.2) is 0 Å². The van der Waals surface area contributed by atoms with Gasteiger partial charge in [-0.2, -0.15) is 13.2 Å². The van der Waals surface area contributed by atoms with E-state index in [2.05, 4.69) is 4.98 Å². The van der Waals surface area contributed by atoms with Gasteiger partial charge in [-0.3, -0.25) is 4.98 Å². The van der Waals surface area contributed by atoms with Crippen molar-refractivity contribution in [1.29, 1.82) is 0 Å². The number of nitrogens with two attached hydrogens (primary N) is 1. The van der Waals surface area contributed by atoms with Crippen molar-refractivity contribution in [2.45, 2.75) is 25.4 Å². The smallest absolute Gasteiger partial charge is 0.330 e. The average Bonchev–Trinajstić information content (AvgIpc) is 2.16. The normalized spacial score (nSPS) is 12.9. The van der Waals surface area contributed by atoms with Crippen LogP contribution in [-0.2, 0) is 11.6 Å². The zero-order valence-corrected chi connectivity index (χ0v) is 8.60. The highest BCUT2D eigenvalue weighted by Crippen LogP contribution is 2.35. The molecule has 1 aromatic heterocycles. The fourth-order valence-corrected chi connectivity index (χ4v) is 1.29. The first kappa shape index (κ1) is 12.0. The second-order valence-corrected chi connectivity index (χ2v) is 3.99. The van der Waals surface area contributed by atoms with Crippen molar-refractivity contribution in [3.05, 3.63) is 29.6 Å². The molecule has 1 rings (SSSR count). The van der Waals surface area contributed by atoms with Gasteiger partial charge in [-0.25, -0.2) is 0 Å². The van der Waals surface area contributed by atoms with Crippen molar-refractivity contribution in [2.75, 3.05) is 6.54 Å². The van der Waals surface area contributed by atoms with Gasteiger partial charge in [-0.05, 0) is 11.6 Å². The molecule has 0 amide bonds. The number of nitrogens with zero attached hydrogens (tertiary/aromatic N) is 1. The van der Waals surface area contributed by atoms with Crippen molar-refractivity contribution < 1.29 is 13.2 Å². The SMILES string of the molecule is CC(C)(CN)c1cccnc1C(F)(F)F. The maximum absolute atomic E-state index is 12.6. The van der Waals surface area contributed by atoms with Crippen molar-refractivity contribution in [1.82, 2.24) is 4.98 Å². The summed E-state index contributed by atoms with van der Waals surface area (Å²) in [4.78, 5) is 3.38. The van der Waals surface area contributed by atoms with Gasteiger partial charge in [0.25, 0.3) is 0 Å². The summed E-state index contributed by atoms with van der Waals surface area (Å²) in [6.07, 6.45) is -3.29. The number of alkyl halides is 3. The number of hydrogen-bond donors (Lipinski definition) is 1. The topological polar surface area (TPSA) is 38.9 Å². The van der Waals surface area contributed by atoms with E-state index in [1.165, 1.54) is 12.1 Å². The first-order valence-corrected chi connectivity index (χ1v) is 4.52. The van der Waals surface area contributed by atoms with Crippen LogP contribution in [0.2, 0.25) is 0 Å². The predicted octanol–water partition coefficient (Wildman–Crippen LogP) is 2.34. The maximum atomic E-state index is 12.6. The number of hydrogen-bond acceptors (Lipinski definition) is 2. The highest BCUT2D eigenvalue weighted by Gasteiger charge is 2.38. The van der Waals surface area contributed by atoms with Crippen LogP contribution in [-0.4, -0.2) is 11.5 Å². The Bertz CT molecular complexity index is 345. The molecule has 0 spiro atoms. The molecule has 0 aliphatic carbocycles. The highest BCUT2D eigenvalue weighted by molar-refractivity contribution is 5.30. The lowest BCUT2D eigenvalue weighted by Gasteiger charge is -2.25. The molecular formula is C10H13F3N2. The molecule has 0 saturated carbocycles. The Balaban J connectivity index is 3.31. The van der Waals surface area contributed by atoms with Crippen molar-refractivity contribution in [3.63, 3.8) is 0 Å². The third kappa shape index (κ3) is 2.47. The molecule has 0 fully saturated rings. The fraction of sp³-hybridized carbons (Fsp3) is 0.500. The number of halogens is 3. The van der Waals surface area contributed by atoms with Crippen LogP contribution < -0.4 is 5.73 Å². The minimum Gasteiger partial charge on any atom is -0.330 e. The quantitative estimate of drug-likeness (QED) is 0.827. The lowest BCUT2D eigenvalue weighted by atomic mass is 9.83. The van der Waals surface area contributed by atoms with E-state index >= 15 is 0 Å². The molecule has 5 heteroatoms. The summed E-state index contributed by atoms with van der Waals surface area (Å²) in [5.74, 6) is 0. The van der Waals surface area contributed by atoms with Gasteiger partial charge in [0.1, 0.15) is 5.69 Å².